The number of para-hydroxylation sites is 1. The number of hydrogen-bond donors (Lipinski definition) is 1. The number of anilines is 1. The summed E-state index contributed by atoms with van der Waals surface area (Å²) in [5.74, 6) is -0.287. The van der Waals surface area contributed by atoms with E-state index < -0.39 is 22.0 Å². The molecule has 184 valence electrons. The molecule has 8 nitrogen and oxygen atoms in total. The molecule has 1 aliphatic rings. The number of aromatic nitrogens is 1. The summed E-state index contributed by atoms with van der Waals surface area (Å²) in [6.07, 6.45) is 0.100. The number of halogens is 1. The number of hydrogen-bond acceptors (Lipinski definition) is 6. The van der Waals surface area contributed by atoms with Crippen LogP contribution in [0.2, 0.25) is 0 Å². The number of sulfonamides is 1. The van der Waals surface area contributed by atoms with Crippen molar-refractivity contribution in [2.45, 2.75) is 30.9 Å². The molecule has 1 aliphatic heterocycles. The molecule has 0 saturated carbocycles. The number of fused-ring (bicyclic) bond motifs is 1. The highest BCUT2D eigenvalue weighted by Crippen LogP contribution is 2.37. The van der Waals surface area contributed by atoms with Crippen molar-refractivity contribution >= 4 is 21.7 Å². The second-order valence-corrected chi connectivity index (χ2v) is 10.1. The van der Waals surface area contributed by atoms with E-state index in [9.17, 15) is 22.7 Å². The number of rotatable bonds is 7. The van der Waals surface area contributed by atoms with Crippen molar-refractivity contribution in [3.63, 3.8) is 0 Å². The van der Waals surface area contributed by atoms with E-state index in [1.165, 1.54) is 36.4 Å². The molecule has 0 saturated heterocycles. The van der Waals surface area contributed by atoms with E-state index in [2.05, 4.69) is 4.98 Å². The Balaban J connectivity index is 1.33. The SMILES string of the molecule is Cc1oc(-c2ccc(F)cc2)nc1COc1ccc(S(=O)(=O)N2c3ccccc3CC2C(=O)O)cc1. The third kappa shape index (κ3) is 4.31. The second-order valence-electron chi connectivity index (χ2n) is 8.28. The molecule has 1 aromatic heterocycles. The number of carboxylic acids is 1. The quantitative estimate of drug-likeness (QED) is 0.389. The lowest BCUT2D eigenvalue weighted by Gasteiger charge is -2.24. The molecule has 3 aromatic carbocycles. The molecular weight excluding hydrogens is 487 g/mol. The Morgan fingerprint density at radius 1 is 1.11 bits per heavy atom. The number of ether oxygens (including phenoxy) is 1. The van der Waals surface area contributed by atoms with Gasteiger partial charge < -0.3 is 14.3 Å². The largest absolute Gasteiger partial charge is 0.487 e. The lowest BCUT2D eigenvalue weighted by molar-refractivity contribution is -0.138. The van der Waals surface area contributed by atoms with Gasteiger partial charge in [-0.1, -0.05) is 18.2 Å². The predicted molar refractivity (Wildman–Crippen MR) is 129 cm³/mol. The number of nitrogens with zero attached hydrogens (tertiary/aromatic N) is 2. The van der Waals surface area contributed by atoms with Crippen molar-refractivity contribution in [3.8, 4) is 17.2 Å². The van der Waals surface area contributed by atoms with Crippen LogP contribution in [0.4, 0.5) is 10.1 Å². The molecule has 4 aromatic rings. The second kappa shape index (κ2) is 9.12. The van der Waals surface area contributed by atoms with Crippen LogP contribution in [0.25, 0.3) is 11.5 Å². The number of aryl methyl sites for hydroxylation is 1. The summed E-state index contributed by atoms with van der Waals surface area (Å²) in [6.45, 7) is 1.81. The van der Waals surface area contributed by atoms with Crippen molar-refractivity contribution in [3.05, 3.63) is 95.6 Å². The highest BCUT2D eigenvalue weighted by atomic mass is 32.2. The normalized spacial score (nSPS) is 15.1. The van der Waals surface area contributed by atoms with Gasteiger partial charge >= 0.3 is 5.97 Å². The first-order valence-electron chi connectivity index (χ1n) is 11.0. The van der Waals surface area contributed by atoms with Crippen LogP contribution in [-0.2, 0) is 27.8 Å². The zero-order chi connectivity index (χ0) is 25.4. The van der Waals surface area contributed by atoms with Gasteiger partial charge in [-0.2, -0.15) is 0 Å². The van der Waals surface area contributed by atoms with Crippen LogP contribution in [0.15, 0.2) is 82.1 Å². The van der Waals surface area contributed by atoms with E-state index in [0.717, 1.165) is 4.31 Å². The third-order valence-electron chi connectivity index (χ3n) is 5.95. The summed E-state index contributed by atoms with van der Waals surface area (Å²) in [7, 11) is -4.12. The van der Waals surface area contributed by atoms with Gasteiger partial charge in [-0.05, 0) is 67.1 Å². The zero-order valence-corrected chi connectivity index (χ0v) is 19.9. The van der Waals surface area contributed by atoms with E-state index in [4.69, 9.17) is 9.15 Å². The fourth-order valence-electron chi connectivity index (χ4n) is 4.09. The first-order chi connectivity index (χ1) is 17.2. The highest BCUT2D eigenvalue weighted by molar-refractivity contribution is 7.93. The van der Waals surface area contributed by atoms with Crippen molar-refractivity contribution in [2.24, 2.45) is 0 Å². The van der Waals surface area contributed by atoms with Crippen LogP contribution in [0.1, 0.15) is 17.0 Å². The topological polar surface area (TPSA) is 110 Å². The lowest BCUT2D eigenvalue weighted by Crippen LogP contribution is -2.42. The first kappa shape index (κ1) is 23.6. The van der Waals surface area contributed by atoms with Crippen LogP contribution in [0, 0.1) is 12.7 Å². The minimum Gasteiger partial charge on any atom is -0.487 e. The molecule has 0 bridgehead atoms. The van der Waals surface area contributed by atoms with E-state index >= 15 is 0 Å². The summed E-state index contributed by atoms with van der Waals surface area (Å²) in [5, 5.41) is 9.64. The van der Waals surface area contributed by atoms with Crippen LogP contribution in [-0.4, -0.2) is 30.5 Å². The van der Waals surface area contributed by atoms with E-state index in [1.54, 1.807) is 43.3 Å². The standard InChI is InChI=1S/C26H21FN2O6S/c1-16-22(28-25(35-16)17-6-8-19(27)9-7-17)15-34-20-10-12-21(13-11-20)36(32,33)29-23-5-3-2-4-18(23)14-24(29)26(30)31/h2-13,24H,14-15H2,1H3,(H,30,31). The molecule has 0 aliphatic carbocycles. The van der Waals surface area contributed by atoms with Crippen molar-refractivity contribution < 1.29 is 31.9 Å². The Morgan fingerprint density at radius 2 is 1.81 bits per heavy atom. The fourth-order valence-corrected chi connectivity index (χ4v) is 5.74. The number of benzene rings is 3. The Morgan fingerprint density at radius 3 is 2.50 bits per heavy atom. The molecular formula is C26H21FN2O6S. The number of carboxylic acid groups (broad SMARTS) is 1. The maximum atomic E-state index is 13.4. The maximum Gasteiger partial charge on any atom is 0.327 e. The molecule has 0 radical (unpaired) electrons. The average molecular weight is 509 g/mol. The summed E-state index contributed by atoms with van der Waals surface area (Å²) in [6, 6.07) is 17.1. The van der Waals surface area contributed by atoms with Crippen LogP contribution in [0.3, 0.4) is 0 Å². The van der Waals surface area contributed by atoms with Gasteiger partial charge in [0.2, 0.25) is 5.89 Å². The van der Waals surface area contributed by atoms with Gasteiger partial charge in [0.1, 0.15) is 35.7 Å². The first-order valence-corrected chi connectivity index (χ1v) is 12.5. The highest BCUT2D eigenvalue weighted by Gasteiger charge is 2.42. The van der Waals surface area contributed by atoms with Gasteiger partial charge in [0.15, 0.2) is 0 Å². The molecule has 36 heavy (non-hydrogen) atoms. The molecule has 10 heteroatoms. The molecule has 2 heterocycles. The molecule has 1 N–H and O–H groups in total. The third-order valence-corrected chi connectivity index (χ3v) is 7.79. The van der Waals surface area contributed by atoms with Crippen molar-refractivity contribution in [1.29, 1.82) is 0 Å². The Labute approximate surface area is 206 Å². The summed E-state index contributed by atoms with van der Waals surface area (Å²) < 4.78 is 52.3. The summed E-state index contributed by atoms with van der Waals surface area (Å²) >= 11 is 0. The van der Waals surface area contributed by atoms with Gasteiger partial charge in [-0.3, -0.25) is 4.31 Å². The Hall–Kier alpha value is -4.18. The molecule has 5 rings (SSSR count). The van der Waals surface area contributed by atoms with E-state index in [1.807, 2.05) is 0 Å². The van der Waals surface area contributed by atoms with Crippen LogP contribution >= 0.6 is 0 Å². The van der Waals surface area contributed by atoms with Gasteiger partial charge in [0, 0.05) is 12.0 Å². The fraction of sp³-hybridized carbons (Fsp3) is 0.154. The molecule has 0 spiro atoms. The molecule has 0 fully saturated rings. The van der Waals surface area contributed by atoms with Gasteiger partial charge in [-0.15, -0.1) is 0 Å². The predicted octanol–water partition coefficient (Wildman–Crippen LogP) is 4.57. The smallest absolute Gasteiger partial charge is 0.327 e. The maximum absolute atomic E-state index is 13.4. The number of aliphatic carboxylic acids is 1. The Kier molecular flexibility index (Phi) is 5.97. The van der Waals surface area contributed by atoms with Crippen LogP contribution < -0.4 is 9.04 Å². The van der Waals surface area contributed by atoms with Gasteiger partial charge in [0.25, 0.3) is 10.0 Å². The van der Waals surface area contributed by atoms with Gasteiger partial charge in [0.05, 0.1) is 10.6 Å². The van der Waals surface area contributed by atoms with Crippen molar-refractivity contribution in [1.82, 2.24) is 4.98 Å². The number of carbonyl (C=O) groups is 1. The monoisotopic (exact) mass is 508 g/mol. The zero-order valence-electron chi connectivity index (χ0n) is 19.1. The number of oxazole rings is 1. The van der Waals surface area contributed by atoms with Crippen molar-refractivity contribution in [2.75, 3.05) is 4.31 Å². The van der Waals surface area contributed by atoms with Crippen LogP contribution in [0.5, 0.6) is 5.75 Å². The van der Waals surface area contributed by atoms with E-state index in [-0.39, 0.29) is 23.7 Å². The molecule has 0 amide bonds. The van der Waals surface area contributed by atoms with E-state index in [0.29, 0.717) is 39.9 Å². The average Bonchev–Trinajstić information content (AvgIpc) is 3.44. The molecule has 1 unspecified atom stereocenters. The minimum absolute atomic E-state index is 0.0472. The minimum atomic E-state index is -4.12. The lowest BCUT2D eigenvalue weighted by atomic mass is 10.1. The molecule has 1 atom stereocenters. The summed E-state index contributed by atoms with van der Waals surface area (Å²) in [5.41, 5.74) is 2.20. The Bertz CT molecular complexity index is 1530. The van der Waals surface area contributed by atoms with Gasteiger partial charge in [-0.25, -0.2) is 22.6 Å². The summed E-state index contributed by atoms with van der Waals surface area (Å²) in [4.78, 5) is 16.2.